The van der Waals surface area contributed by atoms with Gasteiger partial charge in [0.1, 0.15) is 0 Å². The number of nitrogens with one attached hydrogen (secondary N) is 1. The summed E-state index contributed by atoms with van der Waals surface area (Å²) in [7, 11) is -3.61. The number of sulfonamides is 1. The van der Waals surface area contributed by atoms with Crippen LogP contribution in [0.1, 0.15) is 13.3 Å². The normalized spacial score (nSPS) is 20.0. The minimum Gasteiger partial charge on any atom is -0.399 e. The van der Waals surface area contributed by atoms with E-state index in [-0.39, 0.29) is 23.4 Å². The van der Waals surface area contributed by atoms with Crippen LogP contribution in [0.25, 0.3) is 0 Å². The van der Waals surface area contributed by atoms with Crippen molar-refractivity contribution < 1.29 is 13.2 Å². The first-order valence-electron chi connectivity index (χ1n) is 6.13. The first-order valence-corrected chi connectivity index (χ1v) is 8.36. The maximum Gasteiger partial charge on any atom is 0.244 e. The summed E-state index contributed by atoms with van der Waals surface area (Å²) in [6.45, 7) is 2.09. The van der Waals surface area contributed by atoms with Crippen molar-refractivity contribution >= 4 is 37.5 Å². The molecule has 0 radical (unpaired) electrons. The lowest BCUT2D eigenvalue weighted by molar-refractivity contribution is -0.119. The molecule has 1 aliphatic heterocycles. The van der Waals surface area contributed by atoms with Crippen molar-refractivity contribution in [2.45, 2.75) is 24.3 Å². The van der Waals surface area contributed by atoms with Crippen molar-refractivity contribution in [3.05, 3.63) is 22.7 Å². The third-order valence-corrected chi connectivity index (χ3v) is 5.99. The van der Waals surface area contributed by atoms with Crippen molar-refractivity contribution in [1.82, 2.24) is 9.62 Å². The Morgan fingerprint density at radius 2 is 2.20 bits per heavy atom. The van der Waals surface area contributed by atoms with Crippen molar-refractivity contribution in [3.8, 4) is 0 Å². The lowest BCUT2D eigenvalue weighted by Gasteiger charge is -2.18. The Balaban J connectivity index is 2.24. The van der Waals surface area contributed by atoms with Crippen molar-refractivity contribution in [2.75, 3.05) is 18.8 Å². The number of anilines is 1. The number of nitrogens with two attached hydrogens (primary N) is 1. The standard InChI is InChI=1S/C12H16BrN3O3S/c1-8(17)15-10-4-5-16(7-10)20(18,19)12-6-9(14)2-3-11(12)13/h2-3,6,10H,4-5,7,14H2,1H3,(H,15,17). The summed E-state index contributed by atoms with van der Waals surface area (Å²) in [5.41, 5.74) is 6.05. The van der Waals surface area contributed by atoms with Gasteiger partial charge in [-0.1, -0.05) is 0 Å². The van der Waals surface area contributed by atoms with Crippen LogP contribution >= 0.6 is 15.9 Å². The highest BCUT2D eigenvalue weighted by molar-refractivity contribution is 9.10. The van der Waals surface area contributed by atoms with Gasteiger partial charge in [0.15, 0.2) is 0 Å². The van der Waals surface area contributed by atoms with Gasteiger partial charge in [-0.3, -0.25) is 4.79 Å². The average molecular weight is 362 g/mol. The molecule has 1 aromatic carbocycles. The molecule has 1 amide bonds. The molecule has 1 unspecified atom stereocenters. The fraction of sp³-hybridized carbons (Fsp3) is 0.417. The first kappa shape index (κ1) is 15.3. The Labute approximate surface area is 126 Å². The molecule has 20 heavy (non-hydrogen) atoms. The molecular weight excluding hydrogens is 346 g/mol. The monoisotopic (exact) mass is 361 g/mol. The Kier molecular flexibility index (Phi) is 4.36. The molecule has 0 spiro atoms. The SMILES string of the molecule is CC(=O)NC1CCN(S(=O)(=O)c2cc(N)ccc2Br)C1. The zero-order valence-electron chi connectivity index (χ0n) is 11.0. The summed E-state index contributed by atoms with van der Waals surface area (Å²) >= 11 is 3.24. The second-order valence-corrected chi connectivity index (χ2v) is 7.50. The van der Waals surface area contributed by atoms with Gasteiger partial charge in [-0.05, 0) is 40.5 Å². The molecule has 2 rings (SSSR count). The van der Waals surface area contributed by atoms with Crippen molar-refractivity contribution in [3.63, 3.8) is 0 Å². The summed E-state index contributed by atoms with van der Waals surface area (Å²) in [6.07, 6.45) is 0.610. The molecule has 0 aromatic heterocycles. The maximum absolute atomic E-state index is 12.6. The predicted octanol–water partition coefficient (Wildman–Crippen LogP) is 0.930. The van der Waals surface area contributed by atoms with Crippen LogP contribution in [0.4, 0.5) is 5.69 Å². The third-order valence-electron chi connectivity index (χ3n) is 3.13. The van der Waals surface area contributed by atoms with E-state index >= 15 is 0 Å². The molecule has 0 bridgehead atoms. The highest BCUT2D eigenvalue weighted by Crippen LogP contribution is 2.29. The number of carbonyl (C=O) groups excluding carboxylic acids is 1. The van der Waals surface area contributed by atoms with E-state index in [4.69, 9.17) is 5.73 Å². The van der Waals surface area contributed by atoms with Crippen LogP contribution in [0.3, 0.4) is 0 Å². The molecule has 3 N–H and O–H groups in total. The van der Waals surface area contributed by atoms with Crippen LogP contribution in [0.5, 0.6) is 0 Å². The smallest absolute Gasteiger partial charge is 0.244 e. The van der Waals surface area contributed by atoms with Gasteiger partial charge in [-0.15, -0.1) is 0 Å². The summed E-state index contributed by atoms with van der Waals surface area (Å²) in [5, 5.41) is 2.74. The predicted molar refractivity (Wildman–Crippen MR) is 79.5 cm³/mol. The van der Waals surface area contributed by atoms with Crippen LogP contribution in [0.15, 0.2) is 27.6 Å². The van der Waals surface area contributed by atoms with Crippen LogP contribution in [0, 0.1) is 0 Å². The van der Waals surface area contributed by atoms with Crippen LogP contribution in [-0.2, 0) is 14.8 Å². The molecule has 1 fully saturated rings. The average Bonchev–Trinajstić information content (AvgIpc) is 2.80. The number of halogens is 1. The molecule has 6 nitrogen and oxygen atoms in total. The fourth-order valence-electron chi connectivity index (χ4n) is 2.21. The summed E-state index contributed by atoms with van der Waals surface area (Å²) in [6, 6.07) is 4.55. The molecule has 8 heteroatoms. The van der Waals surface area contributed by atoms with Gasteiger partial charge in [0, 0.05) is 36.2 Å². The van der Waals surface area contributed by atoms with Gasteiger partial charge in [0.2, 0.25) is 15.9 Å². The number of benzene rings is 1. The molecule has 1 atom stereocenters. The van der Waals surface area contributed by atoms with E-state index in [1.165, 1.54) is 17.3 Å². The van der Waals surface area contributed by atoms with E-state index in [9.17, 15) is 13.2 Å². The third kappa shape index (κ3) is 3.13. The molecule has 1 aromatic rings. The van der Waals surface area contributed by atoms with Gasteiger partial charge >= 0.3 is 0 Å². The van der Waals surface area contributed by atoms with E-state index in [0.29, 0.717) is 23.1 Å². The van der Waals surface area contributed by atoms with Gasteiger partial charge in [-0.2, -0.15) is 4.31 Å². The second kappa shape index (κ2) is 5.71. The van der Waals surface area contributed by atoms with Crippen molar-refractivity contribution in [1.29, 1.82) is 0 Å². The Morgan fingerprint density at radius 3 is 2.85 bits per heavy atom. The molecule has 0 saturated carbocycles. The van der Waals surface area contributed by atoms with E-state index < -0.39 is 10.0 Å². The summed E-state index contributed by atoms with van der Waals surface area (Å²) < 4.78 is 27.0. The highest BCUT2D eigenvalue weighted by atomic mass is 79.9. The molecule has 0 aliphatic carbocycles. The molecule has 1 heterocycles. The molecular formula is C12H16BrN3O3S. The van der Waals surface area contributed by atoms with E-state index in [0.717, 1.165) is 0 Å². The van der Waals surface area contributed by atoms with Gasteiger partial charge in [0.05, 0.1) is 4.90 Å². The number of hydrogen-bond donors (Lipinski definition) is 2. The quantitative estimate of drug-likeness (QED) is 0.783. The minimum absolute atomic E-state index is 0.137. The fourth-order valence-corrected chi connectivity index (χ4v) is 4.67. The number of nitrogen functional groups attached to an aromatic ring is 1. The lowest BCUT2D eigenvalue weighted by atomic mass is 10.3. The minimum atomic E-state index is -3.61. The summed E-state index contributed by atoms with van der Waals surface area (Å²) in [5.74, 6) is -0.153. The number of carbonyl (C=O) groups is 1. The molecule has 1 saturated heterocycles. The zero-order chi connectivity index (χ0) is 14.9. The zero-order valence-corrected chi connectivity index (χ0v) is 13.4. The maximum atomic E-state index is 12.6. The number of hydrogen-bond acceptors (Lipinski definition) is 4. The highest BCUT2D eigenvalue weighted by Gasteiger charge is 2.33. The van der Waals surface area contributed by atoms with Gasteiger partial charge in [-0.25, -0.2) is 8.42 Å². The topological polar surface area (TPSA) is 92.5 Å². The van der Waals surface area contributed by atoms with Crippen molar-refractivity contribution in [2.24, 2.45) is 0 Å². The second-order valence-electron chi connectivity index (χ2n) is 4.74. The van der Waals surface area contributed by atoms with Gasteiger partial charge < -0.3 is 11.1 Å². The molecule has 110 valence electrons. The number of rotatable bonds is 3. The number of nitrogens with zero attached hydrogens (tertiary/aromatic N) is 1. The van der Waals surface area contributed by atoms with E-state index in [2.05, 4.69) is 21.2 Å². The Morgan fingerprint density at radius 1 is 1.50 bits per heavy atom. The number of amides is 1. The van der Waals surface area contributed by atoms with Crippen LogP contribution < -0.4 is 11.1 Å². The van der Waals surface area contributed by atoms with Crippen LogP contribution in [0.2, 0.25) is 0 Å². The Bertz CT molecular complexity index is 633. The molecule has 1 aliphatic rings. The van der Waals surface area contributed by atoms with Gasteiger partial charge in [0.25, 0.3) is 0 Å². The largest absolute Gasteiger partial charge is 0.399 e. The van der Waals surface area contributed by atoms with E-state index in [1.807, 2.05) is 0 Å². The lowest BCUT2D eigenvalue weighted by Crippen LogP contribution is -2.37. The Hall–Kier alpha value is -1.12. The summed E-state index contributed by atoms with van der Waals surface area (Å²) in [4.78, 5) is 11.2. The van der Waals surface area contributed by atoms with E-state index in [1.54, 1.807) is 12.1 Å². The first-order chi connectivity index (χ1) is 9.30. The van der Waals surface area contributed by atoms with Crippen LogP contribution in [-0.4, -0.2) is 37.8 Å².